The molecular weight excluding hydrogens is 362 g/mol. The van der Waals surface area contributed by atoms with Crippen molar-refractivity contribution in [1.29, 1.82) is 0 Å². The Morgan fingerprint density at radius 3 is 2.38 bits per heavy atom. The number of aromatic nitrogens is 2. The molecule has 5 heteroatoms. The van der Waals surface area contributed by atoms with Gasteiger partial charge in [0, 0.05) is 19.2 Å². The molecule has 0 radical (unpaired) electrons. The van der Waals surface area contributed by atoms with Gasteiger partial charge in [-0.3, -0.25) is 4.79 Å². The van der Waals surface area contributed by atoms with Crippen LogP contribution in [0.25, 0.3) is 11.4 Å². The Morgan fingerprint density at radius 1 is 1.00 bits per heavy atom. The molecule has 1 saturated carbocycles. The second-order valence-electron chi connectivity index (χ2n) is 8.01. The van der Waals surface area contributed by atoms with Gasteiger partial charge in [0.15, 0.2) is 0 Å². The van der Waals surface area contributed by atoms with E-state index in [4.69, 9.17) is 4.74 Å². The number of amides is 1. The molecule has 0 N–H and O–H groups in total. The number of carbonyl (C=O) groups is 1. The minimum Gasteiger partial charge on any atom is -0.366 e. The molecule has 1 aliphatic heterocycles. The molecule has 5 nitrogen and oxygen atoms in total. The zero-order valence-electron chi connectivity index (χ0n) is 16.6. The predicted molar refractivity (Wildman–Crippen MR) is 111 cm³/mol. The Labute approximate surface area is 170 Å². The van der Waals surface area contributed by atoms with Gasteiger partial charge in [-0.1, -0.05) is 60.7 Å². The van der Waals surface area contributed by atoms with Gasteiger partial charge in [-0.2, -0.15) is 0 Å². The second kappa shape index (κ2) is 7.48. The SMILES string of the molecule is Cn1c(C(=O)N2C[C@@H](c3ccccc3)O[C@@H](C3CC3)C2)cnc1-c1ccccc1. The van der Waals surface area contributed by atoms with Crippen molar-refractivity contribution < 1.29 is 9.53 Å². The lowest BCUT2D eigenvalue weighted by Gasteiger charge is -2.38. The van der Waals surface area contributed by atoms with Crippen LogP contribution >= 0.6 is 0 Å². The van der Waals surface area contributed by atoms with Crippen LogP contribution in [0.5, 0.6) is 0 Å². The van der Waals surface area contributed by atoms with E-state index in [9.17, 15) is 4.79 Å². The molecule has 2 fully saturated rings. The van der Waals surface area contributed by atoms with E-state index in [1.165, 1.54) is 12.8 Å². The summed E-state index contributed by atoms with van der Waals surface area (Å²) >= 11 is 0. The summed E-state index contributed by atoms with van der Waals surface area (Å²) in [6, 6.07) is 20.2. The average Bonchev–Trinajstić information content (AvgIpc) is 3.56. The Morgan fingerprint density at radius 2 is 1.69 bits per heavy atom. The van der Waals surface area contributed by atoms with Gasteiger partial charge in [0.1, 0.15) is 17.6 Å². The van der Waals surface area contributed by atoms with Crippen molar-refractivity contribution in [2.75, 3.05) is 13.1 Å². The van der Waals surface area contributed by atoms with Crippen molar-refractivity contribution in [1.82, 2.24) is 14.5 Å². The molecule has 0 spiro atoms. The molecule has 1 amide bonds. The minimum absolute atomic E-state index is 0.0251. The van der Waals surface area contributed by atoms with Crippen molar-refractivity contribution in [2.24, 2.45) is 13.0 Å². The van der Waals surface area contributed by atoms with Gasteiger partial charge < -0.3 is 14.2 Å². The Bertz CT molecular complexity index is 995. The highest BCUT2D eigenvalue weighted by atomic mass is 16.5. The molecule has 2 heterocycles. The number of hydrogen-bond acceptors (Lipinski definition) is 3. The summed E-state index contributed by atoms with van der Waals surface area (Å²) in [4.78, 5) is 19.9. The molecule has 1 saturated heterocycles. The average molecular weight is 387 g/mol. The van der Waals surface area contributed by atoms with E-state index in [2.05, 4.69) is 17.1 Å². The molecule has 1 aliphatic carbocycles. The summed E-state index contributed by atoms with van der Waals surface area (Å²) in [5.41, 5.74) is 2.76. The van der Waals surface area contributed by atoms with Crippen LogP contribution in [-0.4, -0.2) is 39.6 Å². The normalized spacial score (nSPS) is 21.9. The summed E-state index contributed by atoms with van der Waals surface area (Å²) in [6.07, 6.45) is 4.11. The maximum atomic E-state index is 13.4. The molecule has 29 heavy (non-hydrogen) atoms. The van der Waals surface area contributed by atoms with E-state index < -0.39 is 0 Å². The van der Waals surface area contributed by atoms with Crippen LogP contribution in [0.4, 0.5) is 0 Å². The third-order valence-corrected chi connectivity index (χ3v) is 5.97. The molecule has 2 atom stereocenters. The van der Waals surface area contributed by atoms with Gasteiger partial charge in [0.25, 0.3) is 5.91 Å². The van der Waals surface area contributed by atoms with Crippen LogP contribution in [0.1, 0.15) is 35.0 Å². The van der Waals surface area contributed by atoms with Crippen molar-refractivity contribution in [3.05, 3.63) is 78.1 Å². The van der Waals surface area contributed by atoms with Gasteiger partial charge in [-0.15, -0.1) is 0 Å². The van der Waals surface area contributed by atoms with Crippen molar-refractivity contribution in [3.63, 3.8) is 0 Å². The Hall–Kier alpha value is -2.92. The number of morpholine rings is 1. The molecule has 2 aliphatic rings. The van der Waals surface area contributed by atoms with Crippen molar-refractivity contribution in [2.45, 2.75) is 25.0 Å². The smallest absolute Gasteiger partial charge is 0.272 e. The van der Waals surface area contributed by atoms with Crippen LogP contribution in [0.2, 0.25) is 0 Å². The number of imidazole rings is 1. The molecule has 0 unspecified atom stereocenters. The summed E-state index contributed by atoms with van der Waals surface area (Å²) in [6.45, 7) is 1.22. The first kappa shape index (κ1) is 18.1. The molecule has 0 bridgehead atoms. The largest absolute Gasteiger partial charge is 0.366 e. The molecule has 1 aromatic heterocycles. The highest BCUT2D eigenvalue weighted by molar-refractivity contribution is 5.93. The van der Waals surface area contributed by atoms with Crippen LogP contribution < -0.4 is 0 Å². The van der Waals surface area contributed by atoms with E-state index in [1.54, 1.807) is 6.20 Å². The molecule has 2 aromatic carbocycles. The fourth-order valence-corrected chi connectivity index (χ4v) is 4.16. The standard InChI is InChI=1S/C24H25N3O2/c1-26-20(14-25-23(26)19-10-6-3-7-11-19)24(28)27-15-21(17-8-4-2-5-9-17)29-22(16-27)18-12-13-18/h2-11,14,18,21-22H,12-13,15-16H2,1H3/t21-,22+/m0/s1. The summed E-state index contributed by atoms with van der Waals surface area (Å²) in [7, 11) is 1.91. The van der Waals surface area contributed by atoms with Gasteiger partial charge in [-0.05, 0) is 24.3 Å². The first-order valence-electron chi connectivity index (χ1n) is 10.3. The van der Waals surface area contributed by atoms with Crippen molar-refractivity contribution >= 4 is 5.91 Å². The number of ether oxygens (including phenoxy) is 1. The van der Waals surface area contributed by atoms with Gasteiger partial charge in [-0.25, -0.2) is 4.98 Å². The lowest BCUT2D eigenvalue weighted by molar-refractivity contribution is -0.0865. The number of carbonyl (C=O) groups excluding carboxylic acids is 1. The first-order chi connectivity index (χ1) is 14.2. The predicted octanol–water partition coefficient (Wildman–Crippen LogP) is 4.08. The van der Waals surface area contributed by atoms with Gasteiger partial charge in [0.05, 0.1) is 18.8 Å². The fourth-order valence-electron chi connectivity index (χ4n) is 4.16. The lowest BCUT2D eigenvalue weighted by Crippen LogP contribution is -2.48. The number of rotatable bonds is 4. The van der Waals surface area contributed by atoms with Crippen LogP contribution in [0.3, 0.4) is 0 Å². The van der Waals surface area contributed by atoms with E-state index >= 15 is 0 Å². The number of nitrogens with zero attached hydrogens (tertiary/aromatic N) is 3. The molecule has 148 valence electrons. The second-order valence-corrected chi connectivity index (χ2v) is 8.01. The fraction of sp³-hybridized carbons (Fsp3) is 0.333. The third kappa shape index (κ3) is 3.58. The van der Waals surface area contributed by atoms with E-state index in [-0.39, 0.29) is 18.1 Å². The van der Waals surface area contributed by atoms with Crippen LogP contribution in [-0.2, 0) is 11.8 Å². The van der Waals surface area contributed by atoms with Gasteiger partial charge in [0.2, 0.25) is 0 Å². The summed E-state index contributed by atoms with van der Waals surface area (Å²) in [5, 5.41) is 0. The first-order valence-corrected chi connectivity index (χ1v) is 10.3. The monoisotopic (exact) mass is 387 g/mol. The Kier molecular flexibility index (Phi) is 4.68. The maximum Gasteiger partial charge on any atom is 0.272 e. The highest BCUT2D eigenvalue weighted by Crippen LogP contribution is 2.39. The van der Waals surface area contributed by atoms with Crippen LogP contribution in [0, 0.1) is 5.92 Å². The number of hydrogen-bond donors (Lipinski definition) is 0. The van der Waals surface area contributed by atoms with Gasteiger partial charge >= 0.3 is 0 Å². The summed E-state index contributed by atoms with van der Waals surface area (Å²) in [5.74, 6) is 1.40. The van der Waals surface area contributed by atoms with E-state index in [1.807, 2.05) is 65.0 Å². The maximum absolute atomic E-state index is 13.4. The molecule has 3 aromatic rings. The highest BCUT2D eigenvalue weighted by Gasteiger charge is 2.40. The Balaban J connectivity index is 1.42. The number of benzene rings is 2. The third-order valence-electron chi connectivity index (χ3n) is 5.97. The zero-order valence-corrected chi connectivity index (χ0v) is 16.6. The van der Waals surface area contributed by atoms with Crippen LogP contribution in [0.15, 0.2) is 66.9 Å². The van der Waals surface area contributed by atoms with E-state index in [0.717, 1.165) is 17.0 Å². The lowest BCUT2D eigenvalue weighted by atomic mass is 10.0. The quantitative estimate of drug-likeness (QED) is 0.678. The zero-order chi connectivity index (χ0) is 19.8. The van der Waals surface area contributed by atoms with E-state index in [0.29, 0.717) is 24.7 Å². The summed E-state index contributed by atoms with van der Waals surface area (Å²) < 4.78 is 8.30. The minimum atomic E-state index is -0.0821. The molecular formula is C24H25N3O2. The molecule has 5 rings (SSSR count). The topological polar surface area (TPSA) is 47.4 Å². The van der Waals surface area contributed by atoms with Crippen molar-refractivity contribution in [3.8, 4) is 11.4 Å².